The molecule has 156 valence electrons. The average molecular weight is 393 g/mol. The lowest BCUT2D eigenvalue weighted by Crippen LogP contribution is -2.49. The Balaban J connectivity index is 2.04. The monoisotopic (exact) mass is 392 g/mol. The molecule has 1 aromatic carbocycles. The van der Waals surface area contributed by atoms with Crippen LogP contribution >= 0.6 is 0 Å². The Hall–Kier alpha value is -1.91. The van der Waals surface area contributed by atoms with Crippen molar-refractivity contribution >= 4 is 5.97 Å². The predicted octanol–water partition coefficient (Wildman–Crippen LogP) is 2.66. The zero-order chi connectivity index (χ0) is 20.7. The number of carboxylic acids is 1. The Bertz CT molecular complexity index is 623. The second kappa shape index (κ2) is 14.1. The van der Waals surface area contributed by atoms with Crippen molar-refractivity contribution in [3.63, 3.8) is 0 Å². The van der Waals surface area contributed by atoms with Crippen LogP contribution < -0.4 is 0 Å². The van der Waals surface area contributed by atoms with Gasteiger partial charge in [0.25, 0.3) is 0 Å². The van der Waals surface area contributed by atoms with E-state index in [-0.39, 0.29) is 12.2 Å². The van der Waals surface area contributed by atoms with Gasteiger partial charge in [0.05, 0.1) is 58.2 Å². The van der Waals surface area contributed by atoms with Gasteiger partial charge in [0.2, 0.25) is 0 Å². The topological polar surface area (TPSA) is 65.0 Å². The number of quaternary nitrogens is 1. The summed E-state index contributed by atoms with van der Waals surface area (Å²) in [5.74, 6) is 4.80. The lowest BCUT2D eigenvalue weighted by molar-refractivity contribution is -0.923. The highest BCUT2D eigenvalue weighted by atomic mass is 16.5. The maximum absolute atomic E-state index is 10.9. The van der Waals surface area contributed by atoms with Crippen molar-refractivity contribution in [3.8, 4) is 11.8 Å². The molecule has 0 saturated heterocycles. The van der Waals surface area contributed by atoms with E-state index < -0.39 is 5.97 Å². The first-order chi connectivity index (χ1) is 13.6. The molecule has 1 rings (SSSR count). The third-order valence-electron chi connectivity index (χ3n) is 4.98. The van der Waals surface area contributed by atoms with E-state index in [1.807, 2.05) is 0 Å². The first-order valence-electron chi connectivity index (χ1n) is 9.97. The summed E-state index contributed by atoms with van der Waals surface area (Å²) in [5, 5.41) is 8.94. The molecule has 6 heteroatoms. The van der Waals surface area contributed by atoms with Crippen molar-refractivity contribution in [1.82, 2.24) is 0 Å². The zero-order valence-electron chi connectivity index (χ0n) is 17.4. The standard InChI is InChI=1S/C22H33NO5/c1-4-23(5-2,6-3)12-14-27-16-18-28-17-15-26-13-8-10-20-9-7-11-21(19-20)22(24)25/h7,9,11,19H,4-6,12-18H2,1-3H3/p+1. The Morgan fingerprint density at radius 3 is 2.18 bits per heavy atom. The van der Waals surface area contributed by atoms with E-state index >= 15 is 0 Å². The highest BCUT2D eigenvalue weighted by molar-refractivity contribution is 5.87. The molecule has 0 atom stereocenters. The lowest BCUT2D eigenvalue weighted by atomic mass is 10.1. The highest BCUT2D eigenvalue weighted by Crippen LogP contribution is 2.05. The van der Waals surface area contributed by atoms with Crippen LogP contribution in [0.3, 0.4) is 0 Å². The van der Waals surface area contributed by atoms with Gasteiger partial charge < -0.3 is 23.8 Å². The summed E-state index contributed by atoms with van der Waals surface area (Å²) in [6.07, 6.45) is 0. The SMILES string of the molecule is CC[N+](CC)(CC)CCOCCOCCOCC#Cc1cccc(C(=O)O)c1. The van der Waals surface area contributed by atoms with Crippen molar-refractivity contribution in [2.45, 2.75) is 20.8 Å². The van der Waals surface area contributed by atoms with Gasteiger partial charge in [-0.3, -0.25) is 0 Å². The van der Waals surface area contributed by atoms with Gasteiger partial charge in [-0.25, -0.2) is 4.79 Å². The average Bonchev–Trinajstić information content (AvgIpc) is 2.72. The quantitative estimate of drug-likeness (QED) is 0.300. The minimum Gasteiger partial charge on any atom is -0.478 e. The first-order valence-corrected chi connectivity index (χ1v) is 9.97. The van der Waals surface area contributed by atoms with Gasteiger partial charge in [-0.15, -0.1) is 0 Å². The Morgan fingerprint density at radius 2 is 1.57 bits per heavy atom. The van der Waals surface area contributed by atoms with E-state index in [0.717, 1.165) is 37.3 Å². The molecule has 0 saturated carbocycles. The fraction of sp³-hybridized carbons (Fsp3) is 0.591. The van der Waals surface area contributed by atoms with Crippen molar-refractivity contribution in [2.75, 3.05) is 65.8 Å². The Labute approximate surface area is 169 Å². The molecule has 0 aliphatic heterocycles. The maximum Gasteiger partial charge on any atom is 0.335 e. The minimum absolute atomic E-state index is 0.229. The fourth-order valence-corrected chi connectivity index (χ4v) is 2.83. The van der Waals surface area contributed by atoms with E-state index in [4.69, 9.17) is 19.3 Å². The van der Waals surface area contributed by atoms with E-state index in [0.29, 0.717) is 32.0 Å². The molecule has 0 aliphatic carbocycles. The number of hydrogen-bond acceptors (Lipinski definition) is 4. The summed E-state index contributed by atoms with van der Waals surface area (Å²) in [5.41, 5.74) is 0.890. The number of rotatable bonds is 14. The molecule has 6 nitrogen and oxygen atoms in total. The van der Waals surface area contributed by atoms with Crippen LogP contribution in [0.15, 0.2) is 24.3 Å². The van der Waals surface area contributed by atoms with E-state index in [9.17, 15) is 4.79 Å². The van der Waals surface area contributed by atoms with Crippen molar-refractivity contribution in [2.24, 2.45) is 0 Å². The molecule has 1 aromatic rings. The summed E-state index contributed by atoms with van der Waals surface area (Å²) in [4.78, 5) is 10.9. The third-order valence-corrected chi connectivity index (χ3v) is 4.98. The molecule has 28 heavy (non-hydrogen) atoms. The van der Waals surface area contributed by atoms with E-state index in [1.165, 1.54) is 6.07 Å². The largest absolute Gasteiger partial charge is 0.478 e. The molecule has 0 bridgehead atoms. The van der Waals surface area contributed by atoms with Crippen LogP contribution in [0.1, 0.15) is 36.7 Å². The van der Waals surface area contributed by atoms with Gasteiger partial charge in [-0.05, 0) is 39.0 Å². The second-order valence-corrected chi connectivity index (χ2v) is 6.48. The van der Waals surface area contributed by atoms with Crippen LogP contribution in [0, 0.1) is 11.8 Å². The summed E-state index contributed by atoms with van der Waals surface area (Å²) in [7, 11) is 0. The van der Waals surface area contributed by atoms with Gasteiger partial charge >= 0.3 is 5.97 Å². The number of carboxylic acid groups (broad SMARTS) is 1. The van der Waals surface area contributed by atoms with E-state index in [2.05, 4.69) is 32.6 Å². The van der Waals surface area contributed by atoms with Crippen LogP contribution in [0.4, 0.5) is 0 Å². The number of likely N-dealkylation sites (N-methyl/N-ethyl adjacent to an activating group) is 1. The summed E-state index contributed by atoms with van der Waals surface area (Å²) >= 11 is 0. The van der Waals surface area contributed by atoms with Gasteiger partial charge in [0.15, 0.2) is 0 Å². The van der Waals surface area contributed by atoms with Crippen molar-refractivity contribution < 1.29 is 28.6 Å². The number of ether oxygens (including phenoxy) is 3. The molecular weight excluding hydrogens is 358 g/mol. The van der Waals surface area contributed by atoms with Crippen LogP contribution in [0.5, 0.6) is 0 Å². The van der Waals surface area contributed by atoms with Crippen LogP contribution in [0.25, 0.3) is 0 Å². The molecule has 0 fully saturated rings. The Morgan fingerprint density at radius 1 is 0.964 bits per heavy atom. The number of carbonyl (C=O) groups is 1. The van der Waals surface area contributed by atoms with Crippen molar-refractivity contribution in [1.29, 1.82) is 0 Å². The first kappa shape index (κ1) is 24.1. The molecular formula is C22H34NO5+. The molecule has 1 N–H and O–H groups in total. The summed E-state index contributed by atoms with van der Waals surface area (Å²) in [6, 6.07) is 6.53. The van der Waals surface area contributed by atoms with Crippen LogP contribution in [0.2, 0.25) is 0 Å². The molecule has 0 amide bonds. The number of hydrogen-bond donors (Lipinski definition) is 1. The zero-order valence-corrected chi connectivity index (χ0v) is 17.4. The normalized spacial score (nSPS) is 11.1. The van der Waals surface area contributed by atoms with Gasteiger partial charge in [0.1, 0.15) is 13.2 Å². The summed E-state index contributed by atoms with van der Waals surface area (Å²) < 4.78 is 17.6. The predicted molar refractivity (Wildman–Crippen MR) is 109 cm³/mol. The van der Waals surface area contributed by atoms with E-state index in [1.54, 1.807) is 18.2 Å². The smallest absolute Gasteiger partial charge is 0.335 e. The maximum atomic E-state index is 10.9. The molecule has 0 spiro atoms. The third kappa shape index (κ3) is 9.34. The van der Waals surface area contributed by atoms with Gasteiger partial charge in [-0.2, -0.15) is 0 Å². The lowest BCUT2D eigenvalue weighted by Gasteiger charge is -2.35. The Kier molecular flexibility index (Phi) is 12.2. The van der Waals surface area contributed by atoms with Crippen LogP contribution in [-0.2, 0) is 14.2 Å². The van der Waals surface area contributed by atoms with Gasteiger partial charge in [0, 0.05) is 5.56 Å². The molecule has 0 aromatic heterocycles. The van der Waals surface area contributed by atoms with Crippen LogP contribution in [-0.4, -0.2) is 81.4 Å². The molecule has 0 aliphatic rings. The summed E-state index contributed by atoms with van der Waals surface area (Å²) in [6.45, 7) is 14.3. The second-order valence-electron chi connectivity index (χ2n) is 6.48. The molecule has 0 heterocycles. The number of nitrogens with zero attached hydrogens (tertiary/aromatic N) is 1. The number of benzene rings is 1. The number of aromatic carboxylic acids is 1. The minimum atomic E-state index is -0.958. The fourth-order valence-electron chi connectivity index (χ4n) is 2.83. The molecule has 0 radical (unpaired) electrons. The van der Waals surface area contributed by atoms with Gasteiger partial charge in [-0.1, -0.05) is 17.9 Å². The molecule has 0 unspecified atom stereocenters. The highest BCUT2D eigenvalue weighted by Gasteiger charge is 2.19. The van der Waals surface area contributed by atoms with Crippen molar-refractivity contribution in [3.05, 3.63) is 35.4 Å².